The maximum Gasteiger partial charge on any atom is 0.221 e. The average molecular weight is 379 g/mol. The second-order valence-corrected chi connectivity index (χ2v) is 11.4. The zero-order valence-electron chi connectivity index (χ0n) is 17.2. The molecule has 0 saturated heterocycles. The van der Waals surface area contributed by atoms with Crippen LogP contribution in [0, 0.1) is 46.3 Å². The minimum absolute atomic E-state index is 0.149. The Hall–Kier alpha value is -0.0400. The molecule has 148 valence electrons. The summed E-state index contributed by atoms with van der Waals surface area (Å²) in [6.45, 7) is 7.70. The molecule has 4 aliphatic carbocycles. The Morgan fingerprint density at radius 3 is 2.50 bits per heavy atom. The molecule has 4 saturated carbocycles. The number of rotatable bonds is 4. The van der Waals surface area contributed by atoms with Gasteiger partial charge in [0.15, 0.2) is 0 Å². The van der Waals surface area contributed by atoms with Crippen molar-refractivity contribution in [2.24, 2.45) is 46.3 Å². The van der Waals surface area contributed by atoms with Crippen molar-refractivity contribution in [2.75, 3.05) is 0 Å². The molecule has 6 unspecified atom stereocenters. The Balaban J connectivity index is 1.52. The zero-order chi connectivity index (χ0) is 18.5. The average Bonchev–Trinajstić information content (AvgIpc) is 2.96. The van der Waals surface area contributed by atoms with E-state index in [9.17, 15) is 4.79 Å². The molecule has 8 atom stereocenters. The van der Waals surface area contributed by atoms with Crippen molar-refractivity contribution >= 4 is 16.8 Å². The predicted octanol–water partition coefficient (Wildman–Crippen LogP) is 7.22. The first-order valence-electron chi connectivity index (χ1n) is 11.5. The van der Waals surface area contributed by atoms with E-state index in [1.807, 2.05) is 0 Å². The van der Waals surface area contributed by atoms with Gasteiger partial charge in [-0.3, -0.25) is 4.79 Å². The Morgan fingerprint density at radius 2 is 1.73 bits per heavy atom. The second kappa shape index (κ2) is 7.09. The lowest BCUT2D eigenvalue weighted by Gasteiger charge is -2.61. The molecule has 4 fully saturated rings. The standard InChI is InChI=1S/C24H39ClO/c1-16(7-12-22(25)26)19-10-11-20-18-9-8-17-6-4-5-14-23(17,2)21(18)13-15-24(19,20)3/h16-21H,4-15H2,1-3H3/t16-,17?,18+,19?,20?,21?,23?,24?/m1/s1. The van der Waals surface area contributed by atoms with Gasteiger partial charge in [0.25, 0.3) is 0 Å². The van der Waals surface area contributed by atoms with Gasteiger partial charge in [0, 0.05) is 6.42 Å². The molecule has 2 heteroatoms. The van der Waals surface area contributed by atoms with E-state index in [1.165, 1.54) is 64.2 Å². The summed E-state index contributed by atoms with van der Waals surface area (Å²) in [6.07, 6.45) is 16.3. The van der Waals surface area contributed by atoms with E-state index in [0.29, 0.717) is 23.2 Å². The number of carbonyl (C=O) groups excluding carboxylic acids is 1. The first kappa shape index (κ1) is 19.3. The van der Waals surface area contributed by atoms with Crippen LogP contribution in [0.4, 0.5) is 0 Å². The molecule has 0 amide bonds. The molecule has 0 aromatic rings. The summed E-state index contributed by atoms with van der Waals surface area (Å²) in [4.78, 5) is 11.2. The molecule has 0 N–H and O–H groups in total. The van der Waals surface area contributed by atoms with Gasteiger partial charge in [-0.1, -0.05) is 33.6 Å². The SMILES string of the molecule is C[C@H](CCC(=O)Cl)C1CCC2[C@@H]3CCC4CCCCC4(C)C3CCC21C. The minimum Gasteiger partial charge on any atom is -0.281 e. The van der Waals surface area contributed by atoms with E-state index in [1.54, 1.807) is 0 Å². The van der Waals surface area contributed by atoms with E-state index < -0.39 is 0 Å². The monoisotopic (exact) mass is 378 g/mol. The Labute approximate surface area is 166 Å². The van der Waals surface area contributed by atoms with Crippen molar-refractivity contribution < 1.29 is 4.79 Å². The summed E-state index contributed by atoms with van der Waals surface area (Å²) in [5.41, 5.74) is 1.17. The van der Waals surface area contributed by atoms with Crippen LogP contribution >= 0.6 is 11.6 Å². The van der Waals surface area contributed by atoms with Gasteiger partial charge in [-0.25, -0.2) is 0 Å². The lowest BCUT2D eigenvalue weighted by molar-refractivity contribution is -0.116. The third kappa shape index (κ3) is 2.99. The maximum atomic E-state index is 11.2. The largest absolute Gasteiger partial charge is 0.281 e. The van der Waals surface area contributed by atoms with Gasteiger partial charge in [-0.15, -0.1) is 0 Å². The van der Waals surface area contributed by atoms with Crippen molar-refractivity contribution in [3.8, 4) is 0 Å². The van der Waals surface area contributed by atoms with Crippen LogP contribution < -0.4 is 0 Å². The van der Waals surface area contributed by atoms with Gasteiger partial charge < -0.3 is 0 Å². The number of hydrogen-bond acceptors (Lipinski definition) is 1. The number of carbonyl (C=O) groups is 1. The molecule has 1 nitrogen and oxygen atoms in total. The van der Waals surface area contributed by atoms with Gasteiger partial charge in [0.2, 0.25) is 5.24 Å². The number of halogens is 1. The van der Waals surface area contributed by atoms with E-state index in [2.05, 4.69) is 20.8 Å². The van der Waals surface area contributed by atoms with Crippen LogP contribution in [0.1, 0.15) is 97.8 Å². The highest BCUT2D eigenvalue weighted by molar-refractivity contribution is 6.63. The maximum absolute atomic E-state index is 11.2. The third-order valence-corrected chi connectivity index (χ3v) is 10.3. The van der Waals surface area contributed by atoms with Crippen molar-refractivity contribution in [1.29, 1.82) is 0 Å². The molecule has 0 heterocycles. The van der Waals surface area contributed by atoms with Gasteiger partial charge in [0.1, 0.15) is 0 Å². The van der Waals surface area contributed by atoms with Crippen LogP contribution in [0.2, 0.25) is 0 Å². The highest BCUT2D eigenvalue weighted by Gasteiger charge is 2.60. The number of fused-ring (bicyclic) bond motifs is 5. The third-order valence-electron chi connectivity index (χ3n) is 10.1. The smallest absolute Gasteiger partial charge is 0.221 e. The summed E-state index contributed by atoms with van der Waals surface area (Å²) >= 11 is 5.63. The first-order chi connectivity index (χ1) is 12.4. The molecule has 4 rings (SSSR count). The molecule has 0 aliphatic heterocycles. The van der Waals surface area contributed by atoms with Gasteiger partial charge in [-0.2, -0.15) is 0 Å². The van der Waals surface area contributed by atoms with E-state index in [0.717, 1.165) is 36.0 Å². The van der Waals surface area contributed by atoms with Crippen molar-refractivity contribution in [2.45, 2.75) is 97.8 Å². The summed E-state index contributed by atoms with van der Waals surface area (Å²) in [6, 6.07) is 0. The van der Waals surface area contributed by atoms with Crippen molar-refractivity contribution in [3.05, 3.63) is 0 Å². The van der Waals surface area contributed by atoms with Crippen molar-refractivity contribution in [3.63, 3.8) is 0 Å². The normalized spacial score (nSPS) is 49.0. The molecule has 0 bridgehead atoms. The van der Waals surface area contributed by atoms with Crippen LogP contribution in [-0.2, 0) is 4.79 Å². The predicted molar refractivity (Wildman–Crippen MR) is 109 cm³/mol. The van der Waals surface area contributed by atoms with E-state index in [4.69, 9.17) is 11.6 Å². The fraction of sp³-hybridized carbons (Fsp3) is 0.958. The lowest BCUT2D eigenvalue weighted by Crippen LogP contribution is -2.53. The van der Waals surface area contributed by atoms with E-state index in [-0.39, 0.29) is 5.24 Å². The zero-order valence-corrected chi connectivity index (χ0v) is 18.0. The quantitative estimate of drug-likeness (QED) is 0.472. The van der Waals surface area contributed by atoms with Gasteiger partial charge in [0.05, 0.1) is 0 Å². The fourth-order valence-electron chi connectivity index (χ4n) is 8.81. The molecule has 0 radical (unpaired) electrons. The molecule has 0 aromatic heterocycles. The Kier molecular flexibility index (Phi) is 5.26. The lowest BCUT2D eigenvalue weighted by atomic mass is 9.44. The van der Waals surface area contributed by atoms with E-state index >= 15 is 0 Å². The van der Waals surface area contributed by atoms with Crippen LogP contribution in [0.5, 0.6) is 0 Å². The molecule has 0 spiro atoms. The summed E-state index contributed by atoms with van der Waals surface area (Å²) in [5, 5.41) is -0.149. The summed E-state index contributed by atoms with van der Waals surface area (Å²) in [5.74, 6) is 5.40. The van der Waals surface area contributed by atoms with Crippen LogP contribution in [0.3, 0.4) is 0 Å². The molecule has 26 heavy (non-hydrogen) atoms. The molecular weight excluding hydrogens is 340 g/mol. The topological polar surface area (TPSA) is 17.1 Å². The number of hydrogen-bond donors (Lipinski definition) is 0. The van der Waals surface area contributed by atoms with Crippen LogP contribution in [0.15, 0.2) is 0 Å². The Morgan fingerprint density at radius 1 is 0.962 bits per heavy atom. The summed E-state index contributed by atoms with van der Waals surface area (Å²) < 4.78 is 0. The van der Waals surface area contributed by atoms with Crippen LogP contribution in [0.25, 0.3) is 0 Å². The first-order valence-corrected chi connectivity index (χ1v) is 11.9. The second-order valence-electron chi connectivity index (χ2n) is 11.0. The van der Waals surface area contributed by atoms with Crippen molar-refractivity contribution in [1.82, 2.24) is 0 Å². The summed E-state index contributed by atoms with van der Waals surface area (Å²) in [7, 11) is 0. The molecule has 4 aliphatic rings. The fourth-order valence-corrected chi connectivity index (χ4v) is 8.92. The van der Waals surface area contributed by atoms with Crippen LogP contribution in [-0.4, -0.2) is 5.24 Å². The molecule has 0 aromatic carbocycles. The van der Waals surface area contributed by atoms with Gasteiger partial charge >= 0.3 is 0 Å². The Bertz CT molecular complexity index is 544. The minimum atomic E-state index is -0.149. The highest BCUT2D eigenvalue weighted by atomic mass is 35.5. The highest BCUT2D eigenvalue weighted by Crippen LogP contribution is 2.68. The van der Waals surface area contributed by atoms with Gasteiger partial charge in [-0.05, 0) is 116 Å². The molecular formula is C24H39ClO.